The molecule has 0 atom stereocenters. The van der Waals surface area contributed by atoms with E-state index in [1.165, 1.54) is 0 Å². The number of aromatic nitrogens is 1. The van der Waals surface area contributed by atoms with Crippen molar-refractivity contribution in [3.63, 3.8) is 0 Å². The summed E-state index contributed by atoms with van der Waals surface area (Å²) in [6.45, 7) is 0. The molecule has 0 unspecified atom stereocenters. The first-order chi connectivity index (χ1) is 6.24. The predicted octanol–water partition coefficient (Wildman–Crippen LogP) is 1.81. The highest BCUT2D eigenvalue weighted by Gasteiger charge is 1.94. The largest absolute Gasteiger partial charge is 0.327 e. The number of thiol groups is 1. The standard InChI is InChI=1S/C9H8BrNOS/c10-8-5-7(3-1-2-4-13)9(12)11-6-8/h5-6,13H,2,4H2,(H,11,12). The van der Waals surface area contributed by atoms with E-state index >= 15 is 0 Å². The molecule has 0 bridgehead atoms. The number of rotatable bonds is 1. The summed E-state index contributed by atoms with van der Waals surface area (Å²) in [7, 11) is 0. The molecule has 1 rings (SSSR count). The van der Waals surface area contributed by atoms with Gasteiger partial charge in [-0.2, -0.15) is 12.6 Å². The van der Waals surface area contributed by atoms with Gasteiger partial charge in [-0.1, -0.05) is 11.8 Å². The van der Waals surface area contributed by atoms with Gasteiger partial charge in [0.25, 0.3) is 5.56 Å². The Balaban J connectivity index is 2.96. The molecular weight excluding hydrogens is 250 g/mol. The van der Waals surface area contributed by atoms with E-state index in [0.29, 0.717) is 17.7 Å². The number of hydrogen-bond donors (Lipinski definition) is 2. The molecule has 0 fully saturated rings. The Morgan fingerprint density at radius 3 is 3.08 bits per heavy atom. The molecule has 0 aromatic carbocycles. The zero-order chi connectivity index (χ0) is 9.68. The molecular formula is C9H8BrNOS. The minimum Gasteiger partial charge on any atom is -0.327 e. The van der Waals surface area contributed by atoms with Crippen LogP contribution in [-0.2, 0) is 0 Å². The molecule has 1 heterocycles. The van der Waals surface area contributed by atoms with Gasteiger partial charge in [-0.15, -0.1) is 0 Å². The first kappa shape index (κ1) is 10.4. The Kier molecular flexibility index (Phi) is 4.13. The molecule has 2 nitrogen and oxygen atoms in total. The molecule has 0 saturated carbocycles. The Bertz CT molecular complexity index is 402. The third-order valence-electron chi connectivity index (χ3n) is 1.33. The number of hydrogen-bond acceptors (Lipinski definition) is 2. The lowest BCUT2D eigenvalue weighted by Gasteiger charge is -1.90. The number of nitrogens with one attached hydrogen (secondary N) is 1. The van der Waals surface area contributed by atoms with Gasteiger partial charge in [0.2, 0.25) is 0 Å². The van der Waals surface area contributed by atoms with E-state index < -0.39 is 0 Å². The number of pyridine rings is 1. The van der Waals surface area contributed by atoms with Crippen LogP contribution in [0.3, 0.4) is 0 Å². The molecule has 1 aromatic heterocycles. The molecule has 0 radical (unpaired) electrons. The van der Waals surface area contributed by atoms with Gasteiger partial charge in [-0.05, 0) is 22.0 Å². The molecule has 4 heteroatoms. The van der Waals surface area contributed by atoms with E-state index in [0.717, 1.165) is 4.47 Å². The predicted molar refractivity (Wildman–Crippen MR) is 60.1 cm³/mol. The summed E-state index contributed by atoms with van der Waals surface area (Å²) in [5.74, 6) is 6.34. The average molecular weight is 258 g/mol. The van der Waals surface area contributed by atoms with Crippen LogP contribution in [0.25, 0.3) is 0 Å². The lowest BCUT2D eigenvalue weighted by molar-refractivity contribution is 1.21. The fourth-order valence-electron chi connectivity index (χ4n) is 0.764. The average Bonchev–Trinajstić information content (AvgIpc) is 2.11. The van der Waals surface area contributed by atoms with Crippen molar-refractivity contribution in [1.82, 2.24) is 4.98 Å². The van der Waals surface area contributed by atoms with Gasteiger partial charge < -0.3 is 4.98 Å². The van der Waals surface area contributed by atoms with Crippen LogP contribution in [0.1, 0.15) is 12.0 Å². The smallest absolute Gasteiger partial charge is 0.263 e. The molecule has 0 aliphatic carbocycles. The van der Waals surface area contributed by atoms with Gasteiger partial charge >= 0.3 is 0 Å². The van der Waals surface area contributed by atoms with Crippen molar-refractivity contribution in [1.29, 1.82) is 0 Å². The van der Waals surface area contributed by atoms with Crippen LogP contribution in [0, 0.1) is 11.8 Å². The summed E-state index contributed by atoms with van der Waals surface area (Å²) in [6.07, 6.45) is 2.28. The van der Waals surface area contributed by atoms with Crippen LogP contribution < -0.4 is 5.56 Å². The zero-order valence-corrected chi connectivity index (χ0v) is 9.28. The van der Waals surface area contributed by atoms with Crippen LogP contribution in [0.2, 0.25) is 0 Å². The van der Waals surface area contributed by atoms with Gasteiger partial charge in [0.05, 0.1) is 5.56 Å². The van der Waals surface area contributed by atoms with Gasteiger partial charge in [0, 0.05) is 22.8 Å². The normalized spacial score (nSPS) is 9.08. The van der Waals surface area contributed by atoms with E-state index in [9.17, 15) is 4.79 Å². The van der Waals surface area contributed by atoms with E-state index in [-0.39, 0.29) is 5.56 Å². The van der Waals surface area contributed by atoms with E-state index in [1.807, 2.05) is 0 Å². The van der Waals surface area contributed by atoms with Crippen molar-refractivity contribution >= 4 is 28.6 Å². The van der Waals surface area contributed by atoms with Gasteiger partial charge in [0.15, 0.2) is 0 Å². The second-order valence-electron chi connectivity index (χ2n) is 2.34. The minimum absolute atomic E-state index is 0.158. The highest BCUT2D eigenvalue weighted by molar-refractivity contribution is 9.10. The van der Waals surface area contributed by atoms with Crippen LogP contribution in [-0.4, -0.2) is 10.7 Å². The van der Waals surface area contributed by atoms with Gasteiger partial charge in [0.1, 0.15) is 0 Å². The molecule has 0 saturated heterocycles. The summed E-state index contributed by atoms with van der Waals surface area (Å²) < 4.78 is 0.822. The Hall–Kier alpha value is -0.660. The van der Waals surface area contributed by atoms with Crippen molar-refractivity contribution in [2.75, 3.05) is 5.75 Å². The first-order valence-corrected chi connectivity index (χ1v) is 5.14. The molecule has 0 aliphatic heterocycles. The van der Waals surface area contributed by atoms with E-state index in [4.69, 9.17) is 0 Å². The quantitative estimate of drug-likeness (QED) is 0.584. The van der Waals surface area contributed by atoms with Crippen molar-refractivity contribution in [3.8, 4) is 11.8 Å². The lowest BCUT2D eigenvalue weighted by atomic mass is 10.3. The second-order valence-corrected chi connectivity index (χ2v) is 3.70. The summed E-state index contributed by atoms with van der Waals surface area (Å²) in [4.78, 5) is 13.7. The van der Waals surface area contributed by atoms with Crippen LogP contribution in [0.4, 0.5) is 0 Å². The van der Waals surface area contributed by atoms with E-state index in [1.54, 1.807) is 12.3 Å². The SMILES string of the molecule is O=c1[nH]cc(Br)cc1C#CCCS. The maximum Gasteiger partial charge on any atom is 0.263 e. The third-order valence-corrected chi connectivity index (χ3v) is 2.01. The molecule has 0 aliphatic rings. The molecule has 0 amide bonds. The summed E-state index contributed by atoms with van der Waals surface area (Å²) in [6, 6.07) is 1.70. The minimum atomic E-state index is -0.158. The number of H-pyrrole nitrogens is 1. The van der Waals surface area contributed by atoms with Gasteiger partial charge in [-0.25, -0.2) is 0 Å². The molecule has 13 heavy (non-hydrogen) atoms. The Morgan fingerprint density at radius 1 is 1.62 bits per heavy atom. The van der Waals surface area contributed by atoms with Crippen LogP contribution >= 0.6 is 28.6 Å². The zero-order valence-electron chi connectivity index (χ0n) is 6.80. The molecule has 1 N–H and O–H groups in total. The third kappa shape index (κ3) is 3.29. The first-order valence-electron chi connectivity index (χ1n) is 3.72. The Labute approximate surface area is 90.3 Å². The highest BCUT2D eigenvalue weighted by atomic mass is 79.9. The van der Waals surface area contributed by atoms with Crippen molar-refractivity contribution in [3.05, 3.63) is 32.7 Å². The number of aromatic amines is 1. The summed E-state index contributed by atoms with van der Waals surface area (Å²) in [5, 5.41) is 0. The molecule has 0 spiro atoms. The van der Waals surface area contributed by atoms with Crippen LogP contribution in [0.5, 0.6) is 0 Å². The Morgan fingerprint density at radius 2 is 2.38 bits per heavy atom. The van der Waals surface area contributed by atoms with E-state index in [2.05, 4.69) is 45.4 Å². The monoisotopic (exact) mass is 257 g/mol. The summed E-state index contributed by atoms with van der Waals surface area (Å²) >= 11 is 7.27. The van der Waals surface area contributed by atoms with Crippen molar-refractivity contribution in [2.45, 2.75) is 6.42 Å². The maximum absolute atomic E-state index is 11.2. The van der Waals surface area contributed by atoms with Gasteiger partial charge in [-0.3, -0.25) is 4.79 Å². The summed E-state index contributed by atoms with van der Waals surface area (Å²) in [5.41, 5.74) is 0.325. The number of halogens is 1. The van der Waals surface area contributed by atoms with Crippen LogP contribution in [0.15, 0.2) is 21.5 Å². The highest BCUT2D eigenvalue weighted by Crippen LogP contribution is 2.05. The van der Waals surface area contributed by atoms with Crippen molar-refractivity contribution < 1.29 is 0 Å². The molecule has 1 aromatic rings. The maximum atomic E-state index is 11.2. The fourth-order valence-corrected chi connectivity index (χ4v) is 1.22. The van der Waals surface area contributed by atoms with Crippen molar-refractivity contribution in [2.24, 2.45) is 0 Å². The second kappa shape index (κ2) is 5.15. The topological polar surface area (TPSA) is 32.9 Å². The molecule has 68 valence electrons. The lowest BCUT2D eigenvalue weighted by Crippen LogP contribution is -2.08. The fraction of sp³-hybridized carbons (Fsp3) is 0.222.